The number of carbonyl (C=O) groups excluding carboxylic acids is 3. The zero-order valence-corrected chi connectivity index (χ0v) is 13.0. The summed E-state index contributed by atoms with van der Waals surface area (Å²) in [6.07, 6.45) is 1.14. The van der Waals surface area contributed by atoms with Crippen LogP contribution in [0.25, 0.3) is 0 Å². The highest BCUT2D eigenvalue weighted by atomic mass is 16.6. The molecular formula is C15H24O6. The maximum Gasteiger partial charge on any atom is 0.333 e. The maximum atomic E-state index is 11.4. The predicted octanol–water partition coefficient (Wildman–Crippen LogP) is 2.16. The molecule has 1 atom stereocenters. The van der Waals surface area contributed by atoms with Gasteiger partial charge in [-0.2, -0.15) is 0 Å². The normalized spacial score (nSPS) is 11.4. The van der Waals surface area contributed by atoms with Crippen molar-refractivity contribution in [1.82, 2.24) is 0 Å². The Balaban J connectivity index is 3.69. The molecule has 120 valence electrons. The first-order valence-electron chi connectivity index (χ1n) is 7.04. The van der Waals surface area contributed by atoms with Crippen molar-refractivity contribution < 1.29 is 28.6 Å². The molecule has 6 heteroatoms. The molecule has 0 fully saturated rings. The van der Waals surface area contributed by atoms with E-state index in [4.69, 9.17) is 14.2 Å². The van der Waals surface area contributed by atoms with Crippen LogP contribution in [0.2, 0.25) is 0 Å². The summed E-state index contributed by atoms with van der Waals surface area (Å²) in [6, 6.07) is 0. The van der Waals surface area contributed by atoms with Crippen molar-refractivity contribution in [3.05, 3.63) is 12.2 Å². The fraction of sp³-hybridized carbons (Fsp3) is 0.667. The summed E-state index contributed by atoms with van der Waals surface area (Å²) in [7, 11) is 0. The molecule has 0 aromatic carbocycles. The first kappa shape index (κ1) is 19.1. The Bertz CT molecular complexity index is 374. The predicted molar refractivity (Wildman–Crippen MR) is 76.4 cm³/mol. The van der Waals surface area contributed by atoms with Gasteiger partial charge in [-0.15, -0.1) is 0 Å². The van der Waals surface area contributed by atoms with Gasteiger partial charge in [0.25, 0.3) is 0 Å². The second-order valence-corrected chi connectivity index (χ2v) is 4.69. The van der Waals surface area contributed by atoms with Gasteiger partial charge < -0.3 is 14.2 Å². The summed E-state index contributed by atoms with van der Waals surface area (Å²) in [5, 5.41) is 0. The Labute approximate surface area is 125 Å². The quantitative estimate of drug-likeness (QED) is 0.266. The van der Waals surface area contributed by atoms with Crippen molar-refractivity contribution in [2.45, 2.75) is 52.6 Å². The van der Waals surface area contributed by atoms with Crippen molar-refractivity contribution in [2.24, 2.45) is 0 Å². The van der Waals surface area contributed by atoms with Crippen LogP contribution < -0.4 is 0 Å². The second-order valence-electron chi connectivity index (χ2n) is 4.69. The van der Waals surface area contributed by atoms with Crippen molar-refractivity contribution in [3.8, 4) is 0 Å². The van der Waals surface area contributed by atoms with Gasteiger partial charge in [0.15, 0.2) is 0 Å². The Morgan fingerprint density at radius 2 is 1.57 bits per heavy atom. The van der Waals surface area contributed by atoms with Crippen LogP contribution in [0.4, 0.5) is 0 Å². The van der Waals surface area contributed by atoms with E-state index < -0.39 is 12.1 Å². The number of hydrogen-bond acceptors (Lipinski definition) is 6. The monoisotopic (exact) mass is 300 g/mol. The lowest BCUT2D eigenvalue weighted by atomic mass is 10.2. The van der Waals surface area contributed by atoms with Gasteiger partial charge in [0.05, 0.1) is 6.61 Å². The summed E-state index contributed by atoms with van der Waals surface area (Å²) in [5.41, 5.74) is 0.298. The van der Waals surface area contributed by atoms with Crippen molar-refractivity contribution in [2.75, 3.05) is 13.2 Å². The van der Waals surface area contributed by atoms with Gasteiger partial charge >= 0.3 is 17.9 Å². The molecule has 0 amide bonds. The van der Waals surface area contributed by atoms with Crippen molar-refractivity contribution in [3.63, 3.8) is 0 Å². The molecule has 0 aromatic heterocycles. The molecule has 0 N–H and O–H groups in total. The topological polar surface area (TPSA) is 78.9 Å². The van der Waals surface area contributed by atoms with E-state index in [-0.39, 0.29) is 25.0 Å². The highest BCUT2D eigenvalue weighted by molar-refractivity contribution is 5.87. The average Bonchev–Trinajstić information content (AvgIpc) is 2.41. The van der Waals surface area contributed by atoms with Gasteiger partial charge in [-0.05, 0) is 33.6 Å². The molecule has 0 heterocycles. The SMILES string of the molecule is C=C(C)C(=O)OC(C)COC(=O)CCCCC(=O)OCC. The van der Waals surface area contributed by atoms with E-state index in [1.54, 1.807) is 20.8 Å². The smallest absolute Gasteiger partial charge is 0.333 e. The third-order valence-electron chi connectivity index (χ3n) is 2.45. The molecule has 0 radical (unpaired) electrons. The Kier molecular flexibility index (Phi) is 9.92. The van der Waals surface area contributed by atoms with E-state index in [1.165, 1.54) is 0 Å². The van der Waals surface area contributed by atoms with E-state index in [9.17, 15) is 14.4 Å². The largest absolute Gasteiger partial charge is 0.466 e. The molecule has 0 aliphatic heterocycles. The lowest BCUT2D eigenvalue weighted by molar-refractivity contribution is -0.155. The van der Waals surface area contributed by atoms with Gasteiger partial charge in [0.2, 0.25) is 0 Å². The molecule has 6 nitrogen and oxygen atoms in total. The number of rotatable bonds is 10. The Hall–Kier alpha value is -1.85. The van der Waals surface area contributed by atoms with Gasteiger partial charge in [-0.3, -0.25) is 9.59 Å². The highest BCUT2D eigenvalue weighted by Crippen LogP contribution is 2.04. The van der Waals surface area contributed by atoms with E-state index >= 15 is 0 Å². The number of esters is 3. The van der Waals surface area contributed by atoms with E-state index in [2.05, 4.69) is 6.58 Å². The molecule has 0 saturated carbocycles. The number of unbranched alkanes of at least 4 members (excludes halogenated alkanes) is 1. The van der Waals surface area contributed by atoms with Gasteiger partial charge in [-0.25, -0.2) is 4.79 Å². The summed E-state index contributed by atoms with van der Waals surface area (Å²) in [4.78, 5) is 33.7. The minimum Gasteiger partial charge on any atom is -0.466 e. The van der Waals surface area contributed by atoms with Crippen LogP contribution in [0.1, 0.15) is 46.5 Å². The Morgan fingerprint density at radius 3 is 2.05 bits per heavy atom. The van der Waals surface area contributed by atoms with Crippen LogP contribution in [0.15, 0.2) is 12.2 Å². The third-order valence-corrected chi connectivity index (χ3v) is 2.45. The minimum atomic E-state index is -0.516. The molecule has 0 spiro atoms. The molecule has 0 saturated heterocycles. The second kappa shape index (κ2) is 10.9. The molecule has 0 rings (SSSR count). The summed E-state index contributed by atoms with van der Waals surface area (Å²) in [6.45, 7) is 8.76. The molecule has 1 unspecified atom stereocenters. The van der Waals surface area contributed by atoms with Crippen LogP contribution in [0.5, 0.6) is 0 Å². The zero-order valence-electron chi connectivity index (χ0n) is 13.0. The van der Waals surface area contributed by atoms with Crippen LogP contribution in [-0.2, 0) is 28.6 Å². The van der Waals surface area contributed by atoms with Gasteiger partial charge in [0.1, 0.15) is 12.7 Å². The van der Waals surface area contributed by atoms with Gasteiger partial charge in [-0.1, -0.05) is 6.58 Å². The van der Waals surface area contributed by atoms with Crippen LogP contribution in [0.3, 0.4) is 0 Å². The first-order valence-corrected chi connectivity index (χ1v) is 7.04. The molecule has 0 aromatic rings. The van der Waals surface area contributed by atoms with Crippen LogP contribution >= 0.6 is 0 Å². The molecule has 0 aliphatic carbocycles. The number of ether oxygens (including phenoxy) is 3. The standard InChI is InChI=1S/C15H24O6/c1-5-19-13(16)8-6-7-9-14(17)20-10-12(4)21-15(18)11(2)3/h12H,2,5-10H2,1,3-4H3. The van der Waals surface area contributed by atoms with E-state index in [0.717, 1.165) is 0 Å². The molecule has 21 heavy (non-hydrogen) atoms. The van der Waals surface area contributed by atoms with E-state index in [0.29, 0.717) is 31.4 Å². The number of carbonyl (C=O) groups is 3. The van der Waals surface area contributed by atoms with Gasteiger partial charge in [0, 0.05) is 18.4 Å². The molecule has 0 aliphatic rings. The van der Waals surface area contributed by atoms with Crippen molar-refractivity contribution >= 4 is 17.9 Å². The van der Waals surface area contributed by atoms with Crippen LogP contribution in [-0.4, -0.2) is 37.2 Å². The van der Waals surface area contributed by atoms with Crippen LogP contribution in [0, 0.1) is 0 Å². The fourth-order valence-electron chi connectivity index (χ4n) is 1.37. The minimum absolute atomic E-state index is 0.00965. The molecular weight excluding hydrogens is 276 g/mol. The van der Waals surface area contributed by atoms with E-state index in [1.807, 2.05) is 0 Å². The summed E-state index contributed by atoms with van der Waals surface area (Å²) in [5.74, 6) is -1.14. The highest BCUT2D eigenvalue weighted by Gasteiger charge is 2.12. The Morgan fingerprint density at radius 1 is 1.05 bits per heavy atom. The summed E-state index contributed by atoms with van der Waals surface area (Å²) < 4.78 is 14.7. The average molecular weight is 300 g/mol. The molecule has 0 bridgehead atoms. The third kappa shape index (κ3) is 10.6. The lowest BCUT2D eigenvalue weighted by Crippen LogP contribution is -2.22. The fourth-order valence-corrected chi connectivity index (χ4v) is 1.37. The lowest BCUT2D eigenvalue weighted by Gasteiger charge is -2.13. The number of hydrogen-bond donors (Lipinski definition) is 0. The zero-order chi connectivity index (χ0) is 16.3. The maximum absolute atomic E-state index is 11.4. The summed E-state index contributed by atoms with van der Waals surface area (Å²) >= 11 is 0. The first-order chi connectivity index (χ1) is 9.86. The van der Waals surface area contributed by atoms with Crippen molar-refractivity contribution in [1.29, 1.82) is 0 Å².